The zero-order chi connectivity index (χ0) is 25.0. The number of hydrogen-bond acceptors (Lipinski definition) is 4. The maximum atomic E-state index is 13.4. The third-order valence-electron chi connectivity index (χ3n) is 6.43. The summed E-state index contributed by atoms with van der Waals surface area (Å²) in [7, 11) is 0. The van der Waals surface area contributed by atoms with Crippen LogP contribution in [0.3, 0.4) is 0 Å². The Morgan fingerprint density at radius 2 is 1.80 bits per heavy atom. The summed E-state index contributed by atoms with van der Waals surface area (Å²) in [6, 6.07) is 13.0. The Labute approximate surface area is 205 Å². The van der Waals surface area contributed by atoms with Crippen LogP contribution in [0.1, 0.15) is 49.7 Å². The highest BCUT2D eigenvalue weighted by Crippen LogP contribution is 2.23. The van der Waals surface area contributed by atoms with Crippen LogP contribution in [0, 0.1) is 17.2 Å². The first kappa shape index (κ1) is 24.9. The molecule has 1 aromatic heterocycles. The second kappa shape index (κ2) is 10.6. The lowest BCUT2D eigenvalue weighted by Gasteiger charge is -2.31. The third kappa shape index (κ3) is 6.06. The van der Waals surface area contributed by atoms with Crippen LogP contribution in [-0.4, -0.2) is 47.4 Å². The van der Waals surface area contributed by atoms with Crippen LogP contribution in [0.4, 0.5) is 4.39 Å². The van der Waals surface area contributed by atoms with Gasteiger partial charge in [-0.15, -0.1) is 0 Å². The number of aromatic nitrogens is 2. The Morgan fingerprint density at radius 3 is 2.49 bits per heavy atom. The summed E-state index contributed by atoms with van der Waals surface area (Å²) in [6.45, 7) is 8.18. The molecule has 1 aliphatic heterocycles. The van der Waals surface area contributed by atoms with Crippen molar-refractivity contribution in [3.05, 3.63) is 65.6 Å². The zero-order valence-corrected chi connectivity index (χ0v) is 20.5. The van der Waals surface area contributed by atoms with Gasteiger partial charge in [0, 0.05) is 25.1 Å². The number of benzene rings is 2. The summed E-state index contributed by atoms with van der Waals surface area (Å²) in [5.74, 6) is -0.523. The van der Waals surface area contributed by atoms with Crippen molar-refractivity contribution in [3.63, 3.8) is 0 Å². The number of para-hydroxylation sites is 1. The lowest BCUT2D eigenvalue weighted by atomic mass is 9.85. The molecule has 2 amide bonds. The monoisotopic (exact) mass is 480 g/mol. The van der Waals surface area contributed by atoms with Gasteiger partial charge in [-0.25, -0.2) is 4.39 Å². The Balaban J connectivity index is 1.53. The number of nitrogens with zero attached hydrogens (tertiary/aromatic N) is 2. The van der Waals surface area contributed by atoms with E-state index in [0.717, 1.165) is 23.9 Å². The van der Waals surface area contributed by atoms with E-state index in [0.29, 0.717) is 37.6 Å². The highest BCUT2D eigenvalue weighted by atomic mass is 19.1. The van der Waals surface area contributed by atoms with E-state index in [-0.39, 0.29) is 17.4 Å². The van der Waals surface area contributed by atoms with Gasteiger partial charge in [-0.2, -0.15) is 5.10 Å². The van der Waals surface area contributed by atoms with Crippen molar-refractivity contribution in [1.29, 1.82) is 0 Å². The molecule has 1 atom stereocenters. The molecule has 8 heteroatoms. The molecule has 1 fully saturated rings. The molecule has 2 heterocycles. The first-order valence-electron chi connectivity index (χ1n) is 12.1. The minimum absolute atomic E-state index is 0.201. The van der Waals surface area contributed by atoms with Gasteiger partial charge in [0.1, 0.15) is 11.9 Å². The van der Waals surface area contributed by atoms with E-state index in [1.54, 1.807) is 16.8 Å². The lowest BCUT2D eigenvalue weighted by molar-refractivity contribution is -0.125. The molecule has 2 aromatic carbocycles. The smallest absolute Gasteiger partial charge is 0.273 e. The first-order valence-corrected chi connectivity index (χ1v) is 12.1. The summed E-state index contributed by atoms with van der Waals surface area (Å²) in [4.78, 5) is 26.5. The van der Waals surface area contributed by atoms with Gasteiger partial charge in [0.2, 0.25) is 5.91 Å². The molecule has 2 N–H and O–H groups in total. The fraction of sp³-hybridized carbons (Fsp3) is 0.444. The normalized spacial score (nSPS) is 15.7. The van der Waals surface area contributed by atoms with Crippen LogP contribution in [0.25, 0.3) is 10.9 Å². The Bertz CT molecular complexity index is 1180. The second-order valence-corrected chi connectivity index (χ2v) is 10.2. The van der Waals surface area contributed by atoms with Gasteiger partial charge >= 0.3 is 0 Å². The maximum Gasteiger partial charge on any atom is 0.273 e. The average molecular weight is 481 g/mol. The number of hydrogen-bond donors (Lipinski definition) is 2. The molecule has 0 spiro atoms. The van der Waals surface area contributed by atoms with E-state index in [1.165, 1.54) is 12.1 Å². The molecular formula is C27H33FN4O3. The minimum atomic E-state index is -0.726. The van der Waals surface area contributed by atoms with Gasteiger partial charge in [-0.05, 0) is 47.9 Å². The molecule has 35 heavy (non-hydrogen) atoms. The number of fused-ring (bicyclic) bond motifs is 1. The Morgan fingerprint density at radius 1 is 1.11 bits per heavy atom. The van der Waals surface area contributed by atoms with Crippen LogP contribution in [0.5, 0.6) is 0 Å². The molecule has 0 radical (unpaired) electrons. The molecule has 186 valence electrons. The highest BCUT2D eigenvalue weighted by molar-refractivity contribution is 6.06. The predicted molar refractivity (Wildman–Crippen MR) is 132 cm³/mol. The van der Waals surface area contributed by atoms with Crippen LogP contribution in [-0.2, 0) is 16.1 Å². The number of carbonyl (C=O) groups excluding carboxylic acids is 2. The summed E-state index contributed by atoms with van der Waals surface area (Å²) >= 11 is 0. The van der Waals surface area contributed by atoms with Gasteiger partial charge in [-0.1, -0.05) is 51.1 Å². The Hall–Kier alpha value is -3.26. The fourth-order valence-corrected chi connectivity index (χ4v) is 4.35. The summed E-state index contributed by atoms with van der Waals surface area (Å²) < 4.78 is 20.4. The van der Waals surface area contributed by atoms with Crippen molar-refractivity contribution in [2.75, 3.05) is 19.8 Å². The van der Waals surface area contributed by atoms with E-state index in [2.05, 4.69) is 15.7 Å². The molecule has 1 saturated heterocycles. The number of carbonyl (C=O) groups is 2. The predicted octanol–water partition coefficient (Wildman–Crippen LogP) is 3.91. The molecular weight excluding hydrogens is 447 g/mol. The quantitative estimate of drug-likeness (QED) is 0.537. The molecule has 0 bridgehead atoms. The molecule has 4 rings (SSSR count). The molecule has 3 aromatic rings. The average Bonchev–Trinajstić information content (AvgIpc) is 3.21. The topological polar surface area (TPSA) is 85.2 Å². The van der Waals surface area contributed by atoms with E-state index in [1.807, 2.05) is 45.0 Å². The van der Waals surface area contributed by atoms with Crippen molar-refractivity contribution >= 4 is 22.7 Å². The summed E-state index contributed by atoms with van der Waals surface area (Å²) in [5.41, 5.74) is 1.42. The fourth-order valence-electron chi connectivity index (χ4n) is 4.35. The number of halogens is 1. The van der Waals surface area contributed by atoms with Gasteiger partial charge in [0.15, 0.2) is 5.69 Å². The minimum Gasteiger partial charge on any atom is -0.381 e. The van der Waals surface area contributed by atoms with Crippen molar-refractivity contribution in [3.8, 4) is 0 Å². The van der Waals surface area contributed by atoms with E-state index < -0.39 is 17.4 Å². The van der Waals surface area contributed by atoms with Gasteiger partial charge in [0.05, 0.1) is 12.1 Å². The largest absolute Gasteiger partial charge is 0.381 e. The number of nitrogens with one attached hydrogen (secondary N) is 2. The number of amides is 2. The molecule has 1 unspecified atom stereocenters. The lowest BCUT2D eigenvalue weighted by Crippen LogP contribution is -2.54. The summed E-state index contributed by atoms with van der Waals surface area (Å²) in [5, 5.41) is 11.2. The molecule has 0 saturated carbocycles. The van der Waals surface area contributed by atoms with Crippen molar-refractivity contribution in [2.24, 2.45) is 11.3 Å². The maximum absolute atomic E-state index is 13.4. The van der Waals surface area contributed by atoms with Gasteiger partial charge in [0.25, 0.3) is 5.91 Å². The van der Waals surface area contributed by atoms with E-state index >= 15 is 0 Å². The van der Waals surface area contributed by atoms with Gasteiger partial charge in [-0.3, -0.25) is 14.3 Å². The molecule has 7 nitrogen and oxygen atoms in total. The van der Waals surface area contributed by atoms with Crippen molar-refractivity contribution < 1.29 is 18.7 Å². The number of rotatable bonds is 7. The van der Waals surface area contributed by atoms with Crippen LogP contribution in [0.2, 0.25) is 0 Å². The van der Waals surface area contributed by atoms with E-state index in [9.17, 15) is 14.0 Å². The van der Waals surface area contributed by atoms with Crippen LogP contribution >= 0.6 is 0 Å². The Kier molecular flexibility index (Phi) is 7.50. The van der Waals surface area contributed by atoms with Crippen LogP contribution < -0.4 is 10.6 Å². The first-order chi connectivity index (χ1) is 16.7. The molecule has 0 aliphatic carbocycles. The van der Waals surface area contributed by atoms with Gasteiger partial charge < -0.3 is 15.4 Å². The van der Waals surface area contributed by atoms with Crippen molar-refractivity contribution in [2.45, 2.75) is 46.2 Å². The second-order valence-electron chi connectivity index (χ2n) is 10.2. The number of ether oxygens (including phenoxy) is 1. The van der Waals surface area contributed by atoms with E-state index in [4.69, 9.17) is 4.74 Å². The SMILES string of the molecule is CC(C)(C)C(NC(=O)c1nn(Cc2ccc(F)cc2)c2ccccc12)C(=O)NCC1CCOCC1. The standard InChI is InChI=1S/C27H33FN4O3/c1-27(2,3)24(26(34)29-16-18-12-14-35-15-13-18)30-25(33)23-21-6-4-5-7-22(21)32(31-23)17-19-8-10-20(28)11-9-19/h4-11,18,24H,12-17H2,1-3H3,(H,29,34)(H,30,33). The highest BCUT2D eigenvalue weighted by Gasteiger charge is 2.34. The molecule has 1 aliphatic rings. The third-order valence-corrected chi connectivity index (χ3v) is 6.43. The van der Waals surface area contributed by atoms with Crippen LogP contribution in [0.15, 0.2) is 48.5 Å². The zero-order valence-electron chi connectivity index (χ0n) is 20.5. The summed E-state index contributed by atoms with van der Waals surface area (Å²) in [6.07, 6.45) is 1.84. The van der Waals surface area contributed by atoms with Crippen molar-refractivity contribution in [1.82, 2.24) is 20.4 Å².